The lowest BCUT2D eigenvalue weighted by Crippen LogP contribution is -2.67. The summed E-state index contributed by atoms with van der Waals surface area (Å²) < 4.78 is 10.9. The van der Waals surface area contributed by atoms with Gasteiger partial charge in [-0.3, -0.25) is 28.9 Å². The lowest BCUT2D eigenvalue weighted by Gasteiger charge is -2.47. The highest BCUT2D eigenvalue weighted by molar-refractivity contribution is 6.25. The number of esters is 1. The van der Waals surface area contributed by atoms with Gasteiger partial charge in [0, 0.05) is 30.1 Å². The zero-order chi connectivity index (χ0) is 25.4. The summed E-state index contributed by atoms with van der Waals surface area (Å²) >= 11 is 0. The van der Waals surface area contributed by atoms with Crippen molar-refractivity contribution in [2.75, 3.05) is 19.8 Å². The predicted octanol–water partition coefficient (Wildman–Crippen LogP) is 0.961. The maximum atomic E-state index is 13.4. The van der Waals surface area contributed by atoms with Gasteiger partial charge < -0.3 is 14.4 Å². The lowest BCUT2D eigenvalue weighted by atomic mass is 9.77. The monoisotopic (exact) mass is 480 g/mol. The smallest absolute Gasteiger partial charge is 0.338 e. The first-order chi connectivity index (χ1) is 16.7. The van der Waals surface area contributed by atoms with Gasteiger partial charge in [0.1, 0.15) is 19.2 Å². The molecule has 0 unspecified atom stereocenters. The van der Waals surface area contributed by atoms with Gasteiger partial charge >= 0.3 is 5.97 Å². The van der Waals surface area contributed by atoms with Gasteiger partial charge in [-0.15, -0.1) is 0 Å². The predicted molar refractivity (Wildman–Crippen MR) is 120 cm³/mol. The van der Waals surface area contributed by atoms with Gasteiger partial charge in [0.05, 0.1) is 18.2 Å². The van der Waals surface area contributed by atoms with Gasteiger partial charge in [-0.25, -0.2) is 4.79 Å². The molecule has 0 bridgehead atoms. The molecule has 2 aliphatic heterocycles. The molecule has 3 aliphatic rings. The number of rotatable bonds is 5. The summed E-state index contributed by atoms with van der Waals surface area (Å²) in [7, 11) is 0. The fourth-order valence-electron chi connectivity index (χ4n) is 4.66. The number of piperazine rings is 1. The highest BCUT2D eigenvalue weighted by Crippen LogP contribution is 2.39. The van der Waals surface area contributed by atoms with Crippen LogP contribution < -0.4 is 0 Å². The second-order valence-electron chi connectivity index (χ2n) is 8.38. The molecular formula is C25H24N2O8. The van der Waals surface area contributed by atoms with Crippen molar-refractivity contribution >= 4 is 35.3 Å². The third-order valence-corrected chi connectivity index (χ3v) is 6.32. The first-order valence-electron chi connectivity index (χ1n) is 11.2. The normalized spacial score (nSPS) is 22.3. The molecule has 1 aliphatic carbocycles. The molecule has 0 saturated carbocycles. The third kappa shape index (κ3) is 4.05. The molecule has 3 amide bonds. The molecule has 4 rings (SSSR count). The number of carbonyl (C=O) groups excluding carboxylic acids is 6. The van der Waals surface area contributed by atoms with Gasteiger partial charge in [-0.1, -0.05) is 18.2 Å². The van der Waals surface area contributed by atoms with E-state index in [1.807, 2.05) is 0 Å². The fraction of sp³-hybridized carbons (Fsp3) is 0.360. The van der Waals surface area contributed by atoms with E-state index >= 15 is 0 Å². The molecule has 0 aromatic heterocycles. The zero-order valence-electron chi connectivity index (χ0n) is 19.5. The van der Waals surface area contributed by atoms with Gasteiger partial charge in [0.15, 0.2) is 11.5 Å². The minimum Gasteiger partial charge on any atom is -0.489 e. The number of nitrogens with zero attached hydrogens (tertiary/aromatic N) is 2. The van der Waals surface area contributed by atoms with Crippen LogP contribution in [0.15, 0.2) is 52.8 Å². The Labute approximate surface area is 201 Å². The van der Waals surface area contributed by atoms with Crippen LogP contribution in [-0.4, -0.2) is 76.9 Å². The van der Waals surface area contributed by atoms with Crippen molar-refractivity contribution in [1.82, 2.24) is 9.80 Å². The Bertz CT molecular complexity index is 1210. The Morgan fingerprint density at radius 2 is 1.74 bits per heavy atom. The van der Waals surface area contributed by atoms with E-state index < -0.39 is 60.5 Å². The average Bonchev–Trinajstić information content (AvgIpc) is 2.85. The quantitative estimate of drug-likeness (QED) is 0.450. The Hall–Kier alpha value is -4.08. The van der Waals surface area contributed by atoms with Gasteiger partial charge in [0.25, 0.3) is 5.91 Å². The zero-order valence-corrected chi connectivity index (χ0v) is 19.5. The van der Waals surface area contributed by atoms with E-state index in [1.165, 1.54) is 18.7 Å². The van der Waals surface area contributed by atoms with Crippen LogP contribution in [-0.2, 0) is 33.4 Å². The topological polar surface area (TPSA) is 127 Å². The van der Waals surface area contributed by atoms with Crippen LogP contribution >= 0.6 is 0 Å². The molecule has 1 aromatic carbocycles. The van der Waals surface area contributed by atoms with E-state index in [0.717, 1.165) is 4.90 Å². The molecule has 2 heterocycles. The van der Waals surface area contributed by atoms with Crippen LogP contribution in [0, 0.1) is 0 Å². The van der Waals surface area contributed by atoms with Crippen LogP contribution in [0.3, 0.4) is 0 Å². The molecule has 0 N–H and O–H groups in total. The summed E-state index contributed by atoms with van der Waals surface area (Å²) in [6.07, 6.45) is -0.249. The van der Waals surface area contributed by atoms with E-state index in [1.54, 1.807) is 37.3 Å². The molecule has 1 aromatic rings. The molecule has 35 heavy (non-hydrogen) atoms. The van der Waals surface area contributed by atoms with Crippen LogP contribution in [0.25, 0.3) is 0 Å². The molecule has 10 heteroatoms. The Kier molecular flexibility index (Phi) is 6.38. The fourth-order valence-corrected chi connectivity index (χ4v) is 4.66. The summed E-state index contributed by atoms with van der Waals surface area (Å²) in [4.78, 5) is 79.5. The number of amides is 3. The standard InChI is InChI=1S/C25H24N2O8/c1-4-34-23-13(2)21(30)20-16(22(23)31)10-17-24(32)26(14(3)28)11-19(29)27(17)18(20)12-35-25(33)15-8-6-5-7-9-15/h5-9,17-18H,4,10-12H2,1-3H3/t17-,18+/m1/s1. The van der Waals surface area contributed by atoms with E-state index in [0.29, 0.717) is 0 Å². The Balaban J connectivity index is 1.76. The number of hydrogen-bond donors (Lipinski definition) is 0. The van der Waals surface area contributed by atoms with Crippen LogP contribution in [0.5, 0.6) is 0 Å². The van der Waals surface area contributed by atoms with Crippen LogP contribution in [0.4, 0.5) is 0 Å². The SMILES string of the molecule is CCOC1=C(C)C(=O)C2=C(C[C@@H]3C(=O)N(C(C)=O)CC(=O)N3[C@H]2COC(=O)c2ccccc2)C1=O. The molecule has 2 atom stereocenters. The summed E-state index contributed by atoms with van der Waals surface area (Å²) in [5.41, 5.74) is 0.372. The number of imide groups is 1. The second-order valence-corrected chi connectivity index (χ2v) is 8.38. The average molecular weight is 480 g/mol. The maximum Gasteiger partial charge on any atom is 0.338 e. The first-order valence-corrected chi connectivity index (χ1v) is 11.2. The highest BCUT2D eigenvalue weighted by Gasteiger charge is 2.53. The number of benzene rings is 1. The molecule has 182 valence electrons. The first kappa shape index (κ1) is 24.1. The largest absolute Gasteiger partial charge is 0.489 e. The van der Waals surface area contributed by atoms with Gasteiger partial charge in [-0.05, 0) is 26.0 Å². The summed E-state index contributed by atoms with van der Waals surface area (Å²) in [5, 5.41) is 0. The van der Waals surface area contributed by atoms with Crippen LogP contribution in [0.1, 0.15) is 37.6 Å². The third-order valence-electron chi connectivity index (χ3n) is 6.32. The molecule has 0 spiro atoms. The number of allylic oxidation sites excluding steroid dienone is 2. The maximum absolute atomic E-state index is 13.4. The number of carbonyl (C=O) groups is 6. The molecular weight excluding hydrogens is 456 g/mol. The van der Waals surface area contributed by atoms with Crippen molar-refractivity contribution in [3.05, 3.63) is 58.4 Å². The summed E-state index contributed by atoms with van der Waals surface area (Å²) in [5.74, 6) is -3.72. The molecule has 0 radical (unpaired) electrons. The minimum absolute atomic E-state index is 0.00508. The highest BCUT2D eigenvalue weighted by atomic mass is 16.5. The number of ketones is 2. The number of Topliss-reactive ketones (excluding diaryl/α,β-unsaturated/α-hetero) is 2. The van der Waals surface area contributed by atoms with Crippen molar-refractivity contribution in [3.8, 4) is 0 Å². The van der Waals surface area contributed by atoms with Gasteiger partial charge in [-0.2, -0.15) is 0 Å². The van der Waals surface area contributed by atoms with E-state index in [2.05, 4.69) is 0 Å². The minimum atomic E-state index is -1.20. The number of fused-ring (bicyclic) bond motifs is 1. The second kappa shape index (κ2) is 9.28. The number of ether oxygens (including phenoxy) is 2. The summed E-state index contributed by atoms with van der Waals surface area (Å²) in [6, 6.07) is 5.78. The van der Waals surface area contributed by atoms with Crippen molar-refractivity contribution in [1.29, 1.82) is 0 Å². The number of hydrogen-bond acceptors (Lipinski definition) is 8. The Morgan fingerprint density at radius 3 is 2.37 bits per heavy atom. The van der Waals surface area contributed by atoms with E-state index in [9.17, 15) is 28.8 Å². The molecule has 10 nitrogen and oxygen atoms in total. The van der Waals surface area contributed by atoms with E-state index in [4.69, 9.17) is 9.47 Å². The summed E-state index contributed by atoms with van der Waals surface area (Å²) in [6.45, 7) is 3.49. The molecule has 1 saturated heterocycles. The van der Waals surface area contributed by atoms with E-state index in [-0.39, 0.29) is 41.1 Å². The van der Waals surface area contributed by atoms with Crippen molar-refractivity contribution < 1.29 is 38.2 Å². The van der Waals surface area contributed by atoms with Gasteiger partial charge in [0.2, 0.25) is 17.6 Å². The van der Waals surface area contributed by atoms with Crippen molar-refractivity contribution in [2.45, 2.75) is 39.3 Å². The van der Waals surface area contributed by atoms with Crippen molar-refractivity contribution in [2.24, 2.45) is 0 Å². The Morgan fingerprint density at radius 1 is 1.06 bits per heavy atom. The van der Waals surface area contributed by atoms with Crippen LogP contribution in [0.2, 0.25) is 0 Å². The lowest BCUT2D eigenvalue weighted by molar-refractivity contribution is -0.164. The van der Waals surface area contributed by atoms with Crippen molar-refractivity contribution in [3.63, 3.8) is 0 Å². The molecule has 1 fully saturated rings.